The number of aliphatic hydroxyl groups is 1. The second-order valence-corrected chi connectivity index (χ2v) is 3.92. The van der Waals surface area contributed by atoms with E-state index in [0.29, 0.717) is 0 Å². The molecule has 0 aromatic heterocycles. The Balaban J connectivity index is 2.37. The lowest BCUT2D eigenvalue weighted by atomic mass is 9.94. The third-order valence-electron chi connectivity index (χ3n) is 2.08. The summed E-state index contributed by atoms with van der Waals surface area (Å²) in [4.78, 5) is 0. The van der Waals surface area contributed by atoms with E-state index in [1.165, 1.54) is 0 Å². The molecule has 0 aromatic carbocycles. The molecule has 0 radical (unpaired) electrons. The highest BCUT2D eigenvalue weighted by molar-refractivity contribution is 7.99. The van der Waals surface area contributed by atoms with Gasteiger partial charge in [-0.15, -0.1) is 0 Å². The molecule has 9 heavy (non-hydrogen) atoms. The molecule has 1 fully saturated rings. The van der Waals surface area contributed by atoms with Crippen molar-refractivity contribution in [2.24, 2.45) is 0 Å². The van der Waals surface area contributed by atoms with Crippen LogP contribution in [-0.2, 0) is 0 Å². The molecule has 1 heterocycles. The third-order valence-corrected chi connectivity index (χ3v) is 3.07. The van der Waals surface area contributed by atoms with Gasteiger partial charge in [0, 0.05) is 0 Å². The van der Waals surface area contributed by atoms with Crippen LogP contribution < -0.4 is 0 Å². The zero-order valence-corrected chi connectivity index (χ0v) is 6.71. The van der Waals surface area contributed by atoms with Gasteiger partial charge >= 0.3 is 0 Å². The van der Waals surface area contributed by atoms with Gasteiger partial charge in [0.25, 0.3) is 0 Å². The van der Waals surface area contributed by atoms with E-state index < -0.39 is 0 Å². The van der Waals surface area contributed by atoms with Crippen molar-refractivity contribution in [3.8, 4) is 0 Å². The molecule has 2 heteroatoms. The zero-order valence-electron chi connectivity index (χ0n) is 5.89. The van der Waals surface area contributed by atoms with Crippen LogP contribution in [0, 0.1) is 0 Å². The minimum absolute atomic E-state index is 0.300. The summed E-state index contributed by atoms with van der Waals surface area (Å²) in [7, 11) is 0. The molecule has 1 aliphatic rings. The fourth-order valence-corrected chi connectivity index (χ4v) is 2.36. The van der Waals surface area contributed by atoms with Crippen LogP contribution in [0.5, 0.6) is 0 Å². The van der Waals surface area contributed by atoms with Crippen molar-refractivity contribution >= 4 is 11.8 Å². The van der Waals surface area contributed by atoms with Crippen LogP contribution in [0.2, 0.25) is 0 Å². The van der Waals surface area contributed by atoms with Gasteiger partial charge in [0.2, 0.25) is 0 Å². The molecule has 1 rings (SSSR count). The van der Waals surface area contributed by atoms with Crippen LogP contribution in [0.25, 0.3) is 0 Å². The van der Waals surface area contributed by atoms with E-state index in [2.05, 4.69) is 6.92 Å². The van der Waals surface area contributed by atoms with Crippen LogP contribution in [0.1, 0.15) is 26.2 Å². The summed E-state index contributed by atoms with van der Waals surface area (Å²) in [6.07, 6.45) is 2.91. The van der Waals surface area contributed by atoms with Gasteiger partial charge in [-0.05, 0) is 30.8 Å². The van der Waals surface area contributed by atoms with Gasteiger partial charge in [-0.2, -0.15) is 11.8 Å². The van der Waals surface area contributed by atoms with E-state index in [1.54, 1.807) is 0 Å². The van der Waals surface area contributed by atoms with Gasteiger partial charge in [-0.1, -0.05) is 6.92 Å². The van der Waals surface area contributed by atoms with Gasteiger partial charge in [0.1, 0.15) is 0 Å². The van der Waals surface area contributed by atoms with Crippen LogP contribution in [-0.4, -0.2) is 22.2 Å². The average Bonchev–Trinajstić information content (AvgIpc) is 1.90. The van der Waals surface area contributed by atoms with Crippen molar-refractivity contribution < 1.29 is 5.11 Å². The van der Waals surface area contributed by atoms with E-state index in [0.717, 1.165) is 30.8 Å². The first-order valence-electron chi connectivity index (χ1n) is 3.57. The van der Waals surface area contributed by atoms with Gasteiger partial charge in [0.15, 0.2) is 0 Å². The molecule has 1 aliphatic heterocycles. The smallest absolute Gasteiger partial charge is 0.0660 e. The molecule has 0 aliphatic carbocycles. The first kappa shape index (κ1) is 7.42. The highest BCUT2D eigenvalue weighted by atomic mass is 32.2. The summed E-state index contributed by atoms with van der Waals surface area (Å²) in [6, 6.07) is 0. The predicted molar refractivity (Wildman–Crippen MR) is 41.8 cm³/mol. The Morgan fingerprint density at radius 2 is 2.00 bits per heavy atom. The molecule has 0 saturated carbocycles. The molecule has 0 amide bonds. The Kier molecular flexibility index (Phi) is 2.42. The lowest BCUT2D eigenvalue weighted by molar-refractivity contribution is 0.0282. The van der Waals surface area contributed by atoms with Crippen molar-refractivity contribution in [3.63, 3.8) is 0 Å². The molecular weight excluding hydrogens is 132 g/mol. The summed E-state index contributed by atoms with van der Waals surface area (Å²) >= 11 is 1.95. The number of hydrogen-bond donors (Lipinski definition) is 1. The molecule has 0 spiro atoms. The normalized spacial score (nSPS) is 26.0. The molecule has 0 bridgehead atoms. The summed E-state index contributed by atoms with van der Waals surface area (Å²) in [5, 5.41) is 9.67. The van der Waals surface area contributed by atoms with Crippen molar-refractivity contribution in [1.82, 2.24) is 0 Å². The Labute approximate surface area is 60.8 Å². The first-order chi connectivity index (χ1) is 4.27. The van der Waals surface area contributed by atoms with Gasteiger partial charge in [-0.25, -0.2) is 0 Å². The maximum Gasteiger partial charge on any atom is 0.0660 e. The highest BCUT2D eigenvalue weighted by Crippen LogP contribution is 2.28. The molecular formula is C7H14OS. The van der Waals surface area contributed by atoms with Gasteiger partial charge < -0.3 is 5.11 Å². The van der Waals surface area contributed by atoms with E-state index in [-0.39, 0.29) is 5.60 Å². The predicted octanol–water partition coefficient (Wildman–Crippen LogP) is 1.65. The van der Waals surface area contributed by atoms with Crippen LogP contribution >= 0.6 is 11.8 Å². The number of hydrogen-bond acceptors (Lipinski definition) is 2. The van der Waals surface area contributed by atoms with Crippen molar-refractivity contribution in [3.05, 3.63) is 0 Å². The highest BCUT2D eigenvalue weighted by Gasteiger charge is 2.26. The zero-order chi connectivity index (χ0) is 6.74. The first-order valence-corrected chi connectivity index (χ1v) is 4.72. The summed E-state index contributed by atoms with van der Waals surface area (Å²) in [5.74, 6) is 2.29. The molecule has 0 atom stereocenters. The lowest BCUT2D eigenvalue weighted by Gasteiger charge is -2.30. The maximum atomic E-state index is 9.67. The van der Waals surface area contributed by atoms with E-state index in [9.17, 15) is 5.11 Å². The Morgan fingerprint density at radius 1 is 1.44 bits per heavy atom. The summed E-state index contributed by atoms with van der Waals surface area (Å²) < 4.78 is 0. The van der Waals surface area contributed by atoms with Crippen molar-refractivity contribution in [1.29, 1.82) is 0 Å². The molecule has 1 N–H and O–H groups in total. The van der Waals surface area contributed by atoms with E-state index in [1.807, 2.05) is 11.8 Å². The molecule has 1 nitrogen and oxygen atoms in total. The standard InChI is InChI=1S/C7H14OS/c1-2-7(8)3-5-9-6-4-7/h8H,2-6H2,1H3. The molecule has 54 valence electrons. The fraction of sp³-hybridized carbons (Fsp3) is 1.00. The largest absolute Gasteiger partial charge is 0.390 e. The third kappa shape index (κ3) is 1.87. The minimum atomic E-state index is -0.300. The molecule has 0 unspecified atom stereocenters. The lowest BCUT2D eigenvalue weighted by Crippen LogP contribution is -2.32. The topological polar surface area (TPSA) is 20.2 Å². The molecule has 1 saturated heterocycles. The Morgan fingerprint density at radius 3 is 2.33 bits per heavy atom. The average molecular weight is 146 g/mol. The maximum absolute atomic E-state index is 9.67. The van der Waals surface area contributed by atoms with E-state index >= 15 is 0 Å². The Hall–Kier alpha value is 0.310. The van der Waals surface area contributed by atoms with Crippen LogP contribution in [0.4, 0.5) is 0 Å². The fourth-order valence-electron chi connectivity index (χ4n) is 1.10. The minimum Gasteiger partial charge on any atom is -0.390 e. The summed E-state index contributed by atoms with van der Waals surface area (Å²) in [5.41, 5.74) is -0.300. The van der Waals surface area contributed by atoms with Crippen molar-refractivity contribution in [2.75, 3.05) is 11.5 Å². The van der Waals surface area contributed by atoms with E-state index in [4.69, 9.17) is 0 Å². The van der Waals surface area contributed by atoms with Gasteiger partial charge in [-0.3, -0.25) is 0 Å². The number of thioether (sulfide) groups is 1. The second-order valence-electron chi connectivity index (χ2n) is 2.69. The van der Waals surface area contributed by atoms with Crippen LogP contribution in [0.15, 0.2) is 0 Å². The quantitative estimate of drug-likeness (QED) is 0.607. The number of rotatable bonds is 1. The molecule has 0 aromatic rings. The Bertz CT molecular complexity index is 86.9. The van der Waals surface area contributed by atoms with Crippen LogP contribution in [0.3, 0.4) is 0 Å². The van der Waals surface area contributed by atoms with Crippen molar-refractivity contribution in [2.45, 2.75) is 31.8 Å². The monoisotopic (exact) mass is 146 g/mol. The summed E-state index contributed by atoms with van der Waals surface area (Å²) in [6.45, 7) is 2.07. The van der Waals surface area contributed by atoms with Gasteiger partial charge in [0.05, 0.1) is 5.60 Å². The second kappa shape index (κ2) is 2.93. The SMILES string of the molecule is CCC1(O)CCSCC1.